The van der Waals surface area contributed by atoms with Gasteiger partial charge in [0.05, 0.1) is 5.92 Å². The molecule has 4 nitrogen and oxygen atoms in total. The largest absolute Gasteiger partial charge is 0.481 e. The van der Waals surface area contributed by atoms with Crippen molar-refractivity contribution < 1.29 is 14.7 Å². The van der Waals surface area contributed by atoms with Crippen molar-refractivity contribution in [3.63, 3.8) is 0 Å². The van der Waals surface area contributed by atoms with E-state index in [9.17, 15) is 9.59 Å². The highest BCUT2D eigenvalue weighted by molar-refractivity contribution is 5.81. The Labute approximate surface area is 89.3 Å². The minimum absolute atomic E-state index is 0.128. The summed E-state index contributed by atoms with van der Waals surface area (Å²) in [7, 11) is 0. The van der Waals surface area contributed by atoms with Crippen LogP contribution in [-0.4, -0.2) is 34.5 Å². The smallest absolute Gasteiger partial charge is 0.308 e. The van der Waals surface area contributed by atoms with Crippen molar-refractivity contribution in [3.8, 4) is 0 Å². The van der Waals surface area contributed by atoms with Crippen molar-refractivity contribution in [2.24, 2.45) is 11.3 Å². The van der Waals surface area contributed by atoms with E-state index in [0.717, 1.165) is 6.42 Å². The summed E-state index contributed by atoms with van der Waals surface area (Å²) in [6.07, 6.45) is 1.90. The van der Waals surface area contributed by atoms with Gasteiger partial charge in [-0.1, -0.05) is 13.8 Å². The van der Waals surface area contributed by atoms with Crippen molar-refractivity contribution >= 4 is 11.9 Å². The van der Waals surface area contributed by atoms with Gasteiger partial charge in [0.25, 0.3) is 0 Å². The molecule has 1 saturated heterocycles. The highest BCUT2D eigenvalue weighted by Gasteiger charge is 2.52. The van der Waals surface area contributed by atoms with Crippen LogP contribution >= 0.6 is 0 Å². The van der Waals surface area contributed by atoms with Gasteiger partial charge in [0, 0.05) is 19.0 Å². The molecule has 0 radical (unpaired) electrons. The molecule has 2 atom stereocenters. The topological polar surface area (TPSA) is 57.6 Å². The van der Waals surface area contributed by atoms with Crippen molar-refractivity contribution in [1.29, 1.82) is 0 Å². The summed E-state index contributed by atoms with van der Waals surface area (Å²) in [5.74, 6) is -1.01. The lowest BCUT2D eigenvalue weighted by Crippen LogP contribution is -2.44. The second-order valence-corrected chi connectivity index (χ2v) is 5.33. The van der Waals surface area contributed by atoms with E-state index in [0.29, 0.717) is 19.4 Å². The molecule has 0 aromatic heterocycles. The van der Waals surface area contributed by atoms with Crippen LogP contribution in [0, 0.1) is 11.3 Å². The number of carboxylic acid groups (broad SMARTS) is 1. The first-order valence-corrected chi connectivity index (χ1v) is 5.44. The minimum atomic E-state index is -0.772. The first-order valence-electron chi connectivity index (χ1n) is 5.44. The number of carbonyl (C=O) groups excluding carboxylic acids is 1. The summed E-state index contributed by atoms with van der Waals surface area (Å²) in [5.41, 5.74) is 0.191. The number of piperidine rings is 1. The van der Waals surface area contributed by atoms with E-state index < -0.39 is 5.97 Å². The van der Waals surface area contributed by atoms with E-state index >= 15 is 0 Å². The average Bonchev–Trinajstić information content (AvgIpc) is 2.75. The molecule has 15 heavy (non-hydrogen) atoms. The molecule has 4 heteroatoms. The van der Waals surface area contributed by atoms with Crippen LogP contribution in [0.5, 0.6) is 0 Å². The van der Waals surface area contributed by atoms with Gasteiger partial charge in [-0.05, 0) is 18.3 Å². The van der Waals surface area contributed by atoms with E-state index in [2.05, 4.69) is 13.8 Å². The summed E-state index contributed by atoms with van der Waals surface area (Å²) in [6.45, 7) is 4.65. The maximum absolute atomic E-state index is 11.7. The number of amides is 1. The summed E-state index contributed by atoms with van der Waals surface area (Å²) in [6, 6.07) is 0.271. The first kappa shape index (κ1) is 10.5. The molecule has 2 rings (SSSR count). The third kappa shape index (κ3) is 1.85. The standard InChI is InChI=1S/C11H17NO3/c1-11(2)5-8(11)12-6-7(10(14)15)3-4-9(12)13/h7-8H,3-6H2,1-2H3,(H,14,15). The number of aliphatic carboxylic acids is 1. The zero-order valence-corrected chi connectivity index (χ0v) is 9.19. The average molecular weight is 211 g/mol. The number of nitrogens with zero attached hydrogens (tertiary/aromatic N) is 1. The fourth-order valence-electron chi connectivity index (χ4n) is 2.35. The summed E-state index contributed by atoms with van der Waals surface area (Å²) in [4.78, 5) is 24.3. The predicted molar refractivity (Wildman–Crippen MR) is 54.3 cm³/mol. The van der Waals surface area contributed by atoms with Crippen LogP contribution < -0.4 is 0 Å². The molecule has 1 N–H and O–H groups in total. The molecule has 0 spiro atoms. The summed E-state index contributed by atoms with van der Waals surface area (Å²) < 4.78 is 0. The fraction of sp³-hybridized carbons (Fsp3) is 0.818. The molecule has 2 unspecified atom stereocenters. The van der Waals surface area contributed by atoms with Crippen molar-refractivity contribution in [3.05, 3.63) is 0 Å². The zero-order chi connectivity index (χ0) is 11.2. The molecule has 1 heterocycles. The zero-order valence-electron chi connectivity index (χ0n) is 9.19. The number of carbonyl (C=O) groups is 2. The van der Waals surface area contributed by atoms with Gasteiger partial charge in [0.1, 0.15) is 0 Å². The molecular weight excluding hydrogens is 194 g/mol. The SMILES string of the molecule is CC1(C)CC1N1CC(C(=O)O)CCC1=O. The second-order valence-electron chi connectivity index (χ2n) is 5.33. The Morgan fingerprint density at radius 3 is 2.60 bits per heavy atom. The fourth-order valence-corrected chi connectivity index (χ4v) is 2.35. The molecular formula is C11H17NO3. The summed E-state index contributed by atoms with van der Waals surface area (Å²) >= 11 is 0. The van der Waals surface area contributed by atoms with Crippen LogP contribution in [0.3, 0.4) is 0 Å². The van der Waals surface area contributed by atoms with Crippen LogP contribution in [-0.2, 0) is 9.59 Å². The van der Waals surface area contributed by atoms with Crippen molar-refractivity contribution in [2.45, 2.75) is 39.2 Å². The van der Waals surface area contributed by atoms with Crippen LogP contribution in [0.25, 0.3) is 0 Å². The molecule has 0 aromatic carbocycles. The van der Waals surface area contributed by atoms with Gasteiger partial charge in [-0.25, -0.2) is 0 Å². The lowest BCUT2D eigenvalue weighted by molar-refractivity contribution is -0.147. The van der Waals surface area contributed by atoms with Gasteiger partial charge in [-0.15, -0.1) is 0 Å². The number of hydrogen-bond donors (Lipinski definition) is 1. The monoisotopic (exact) mass is 211 g/mol. The van der Waals surface area contributed by atoms with Crippen LogP contribution in [0.1, 0.15) is 33.1 Å². The molecule has 2 aliphatic rings. The Bertz CT molecular complexity index is 311. The predicted octanol–water partition coefficient (Wildman–Crippen LogP) is 1.11. The molecule has 0 bridgehead atoms. The molecule has 1 aliphatic heterocycles. The van der Waals surface area contributed by atoms with Gasteiger partial charge < -0.3 is 10.0 Å². The normalized spacial score (nSPS) is 34.0. The molecule has 2 fully saturated rings. The first-order chi connectivity index (χ1) is 6.92. The van der Waals surface area contributed by atoms with Crippen LogP contribution in [0.2, 0.25) is 0 Å². The van der Waals surface area contributed by atoms with Gasteiger partial charge in [0.2, 0.25) is 5.91 Å². The lowest BCUT2D eigenvalue weighted by Gasteiger charge is -2.32. The third-order valence-corrected chi connectivity index (χ3v) is 3.63. The third-order valence-electron chi connectivity index (χ3n) is 3.63. The van der Waals surface area contributed by atoms with Gasteiger partial charge in [-0.2, -0.15) is 0 Å². The van der Waals surface area contributed by atoms with E-state index in [1.54, 1.807) is 4.90 Å². The second kappa shape index (κ2) is 3.22. The highest BCUT2D eigenvalue weighted by Crippen LogP contribution is 2.49. The lowest BCUT2D eigenvalue weighted by atomic mass is 9.97. The molecule has 1 amide bonds. The van der Waals surface area contributed by atoms with Crippen LogP contribution in [0.15, 0.2) is 0 Å². The number of likely N-dealkylation sites (tertiary alicyclic amines) is 1. The molecule has 0 aromatic rings. The Kier molecular flexibility index (Phi) is 2.24. The van der Waals surface area contributed by atoms with E-state index in [4.69, 9.17) is 5.11 Å². The molecule has 1 aliphatic carbocycles. The van der Waals surface area contributed by atoms with Crippen LogP contribution in [0.4, 0.5) is 0 Å². The number of hydrogen-bond acceptors (Lipinski definition) is 2. The van der Waals surface area contributed by atoms with Gasteiger partial charge in [-0.3, -0.25) is 9.59 Å². The van der Waals surface area contributed by atoms with Crippen molar-refractivity contribution in [1.82, 2.24) is 4.90 Å². The molecule has 84 valence electrons. The quantitative estimate of drug-likeness (QED) is 0.744. The Balaban J connectivity index is 2.04. The minimum Gasteiger partial charge on any atom is -0.481 e. The number of rotatable bonds is 2. The highest BCUT2D eigenvalue weighted by atomic mass is 16.4. The van der Waals surface area contributed by atoms with E-state index in [1.165, 1.54) is 0 Å². The molecule has 1 saturated carbocycles. The van der Waals surface area contributed by atoms with E-state index in [-0.39, 0.29) is 23.3 Å². The van der Waals surface area contributed by atoms with Gasteiger partial charge in [0.15, 0.2) is 0 Å². The Morgan fingerprint density at radius 2 is 2.13 bits per heavy atom. The summed E-state index contributed by atoms with van der Waals surface area (Å²) in [5, 5.41) is 8.94. The van der Waals surface area contributed by atoms with Crippen molar-refractivity contribution in [2.75, 3.05) is 6.54 Å². The maximum Gasteiger partial charge on any atom is 0.308 e. The number of carboxylic acids is 1. The Morgan fingerprint density at radius 1 is 1.53 bits per heavy atom. The van der Waals surface area contributed by atoms with E-state index in [1.807, 2.05) is 0 Å². The maximum atomic E-state index is 11.7. The Hall–Kier alpha value is -1.06. The van der Waals surface area contributed by atoms with Gasteiger partial charge >= 0.3 is 5.97 Å².